The van der Waals surface area contributed by atoms with Crippen molar-refractivity contribution < 1.29 is 57.8 Å². The van der Waals surface area contributed by atoms with Crippen LogP contribution in [0.5, 0.6) is 0 Å². The maximum absolute atomic E-state index is 15.8. The Bertz CT molecular complexity index is 1570. The summed E-state index contributed by atoms with van der Waals surface area (Å²) in [5.41, 5.74) is -2.37. The molecule has 0 heterocycles. The van der Waals surface area contributed by atoms with E-state index in [9.17, 15) is 39.6 Å². The molecule has 0 bridgehead atoms. The summed E-state index contributed by atoms with van der Waals surface area (Å²) in [6, 6.07) is 0. The topological polar surface area (TPSA) is 202 Å². The van der Waals surface area contributed by atoms with Crippen molar-refractivity contribution in [1.82, 2.24) is 0 Å². The third-order valence-electron chi connectivity index (χ3n) is 17.8. The van der Waals surface area contributed by atoms with Gasteiger partial charge >= 0.3 is 73.9 Å². The molecule has 4 N–H and O–H groups in total. The third-order valence-corrected chi connectivity index (χ3v) is 24.5. The Balaban J connectivity index is -0.0000361. The molecule has 4 atom stereocenters. The Morgan fingerprint density at radius 3 is 0.648 bits per heavy atom. The fourth-order valence-corrected chi connectivity index (χ4v) is 18.1. The van der Waals surface area contributed by atoms with E-state index in [4.69, 9.17) is 9.05 Å². The van der Waals surface area contributed by atoms with Crippen LogP contribution in [0.3, 0.4) is 0 Å². The van der Waals surface area contributed by atoms with E-state index < -0.39 is 88.6 Å². The first-order chi connectivity index (χ1) is 41.8. The van der Waals surface area contributed by atoms with Crippen molar-refractivity contribution >= 4 is 96.5 Å². The number of hydrogen-bond donors (Lipinski definition) is 4. The van der Waals surface area contributed by atoms with Crippen LogP contribution in [0, 0.1) is 0 Å². The molecular weight excluding hydrogens is 1160 g/mol. The molecule has 0 aliphatic heterocycles. The van der Waals surface area contributed by atoms with E-state index in [-0.39, 0.29) is 96.4 Å². The SMILES string of the molecule is CCCCCCCCCCCCCCCC(=O)CC(CO)OP(=O)(C(=O)CCCCCCCCCCCCCCC)C(O)(CO)P(=O)(OC(CO)CC(=O)CCCCCCCCCCCCCCC)C(=O)CCCCCCCCCCCCCCC.[NaH].[NaH]. The van der Waals surface area contributed by atoms with E-state index in [1.165, 1.54) is 193 Å². The molecule has 0 rings (SSSR count). The molecule has 88 heavy (non-hydrogen) atoms. The molecule has 0 saturated heterocycles. The summed E-state index contributed by atoms with van der Waals surface area (Å²) in [5, 5.41) is 42.0. The number of aliphatic hydroxyl groups excluding tert-OH is 3. The summed E-state index contributed by atoms with van der Waals surface area (Å²) in [6.07, 6.45) is 51.5. The molecule has 514 valence electrons. The molecule has 4 unspecified atom stereocenters. The normalized spacial score (nSPS) is 14.3. The molecule has 0 aromatic heterocycles. The Labute approximate surface area is 586 Å². The fraction of sp³-hybridized carbons (Fsp3) is 0.944. The van der Waals surface area contributed by atoms with Gasteiger partial charge in [0.05, 0.1) is 32.0 Å². The first-order valence-electron chi connectivity index (χ1n) is 37.0. The van der Waals surface area contributed by atoms with Gasteiger partial charge in [-0.2, -0.15) is 0 Å². The summed E-state index contributed by atoms with van der Waals surface area (Å²) < 4.78 is 43.6. The molecule has 0 saturated carbocycles. The first-order valence-corrected chi connectivity index (χ1v) is 40.3. The second-order valence-electron chi connectivity index (χ2n) is 26.1. The minimum atomic E-state index is -5.62. The predicted molar refractivity (Wildman–Crippen MR) is 376 cm³/mol. The number of carbonyl (C=O) groups is 4. The standard InChI is InChI=1S/C72H140O12P2.2Na.2H/c1-5-9-13-17-21-25-29-33-37-41-45-49-53-57-66(76)61-68(63-73)83-85(81,70(78)59-55-51-47-43-39-35-31-27-23-19-15-11-7-3)72(80,65-75)86(82,71(79)60-56-52-48-44-40-36-32-28-24-20-16-12-8-4)84-69(64-74)62-67(77)58-54-50-46-42-38-34-30-26-22-18-14-10-6-2;;;;/h68-69,73-75,80H,5-65H2,1-4H3;;;;. The van der Waals surface area contributed by atoms with Gasteiger partial charge in [-0.1, -0.05) is 336 Å². The summed E-state index contributed by atoms with van der Waals surface area (Å²) in [7, 11) is -11.2. The number of unbranched alkanes of at least 4 members (excludes halogenated alkanes) is 48. The van der Waals surface area contributed by atoms with Crippen LogP contribution < -0.4 is 0 Å². The van der Waals surface area contributed by atoms with Crippen LogP contribution in [0.2, 0.25) is 0 Å². The molecule has 0 aromatic rings. The van der Waals surface area contributed by atoms with Gasteiger partial charge in [-0.25, -0.2) is 0 Å². The molecule has 0 spiro atoms. The fourth-order valence-electron chi connectivity index (χ4n) is 12.0. The number of aliphatic hydroxyl groups is 4. The monoisotopic (exact) mass is 1310 g/mol. The van der Waals surface area contributed by atoms with E-state index in [1.54, 1.807) is 0 Å². The van der Waals surface area contributed by atoms with Crippen LogP contribution >= 0.6 is 14.7 Å². The summed E-state index contributed by atoms with van der Waals surface area (Å²) in [6.45, 7) is 5.44. The van der Waals surface area contributed by atoms with Crippen LogP contribution in [0.15, 0.2) is 0 Å². The van der Waals surface area contributed by atoms with Gasteiger partial charge < -0.3 is 29.5 Å². The van der Waals surface area contributed by atoms with Gasteiger partial charge in [-0.3, -0.25) is 28.3 Å². The summed E-state index contributed by atoms with van der Waals surface area (Å²) >= 11 is 0. The number of rotatable bonds is 71. The number of hydrogen-bond acceptors (Lipinski definition) is 12. The van der Waals surface area contributed by atoms with E-state index in [1.807, 2.05) is 0 Å². The van der Waals surface area contributed by atoms with Crippen LogP contribution in [0.25, 0.3) is 0 Å². The molecule has 0 fully saturated rings. The summed E-state index contributed by atoms with van der Waals surface area (Å²) in [5.74, 6) is -0.647. The van der Waals surface area contributed by atoms with Crippen LogP contribution in [-0.2, 0) is 37.4 Å². The zero-order valence-corrected chi connectivity index (χ0v) is 58.5. The van der Waals surface area contributed by atoms with Gasteiger partial charge in [0.1, 0.15) is 11.6 Å². The molecule has 0 aliphatic rings. The van der Waals surface area contributed by atoms with Crippen LogP contribution in [0.4, 0.5) is 0 Å². The molecule has 0 aromatic carbocycles. The van der Waals surface area contributed by atoms with Gasteiger partial charge in [-0.05, 0) is 25.7 Å². The Morgan fingerprint density at radius 2 is 0.477 bits per heavy atom. The number of carbonyl (C=O) groups excluding carboxylic acids is 4. The van der Waals surface area contributed by atoms with Crippen molar-refractivity contribution in [3.05, 3.63) is 0 Å². The quantitative estimate of drug-likeness (QED) is 0.0255. The van der Waals surface area contributed by atoms with Gasteiger partial charge in [0.25, 0.3) is 5.08 Å². The average molecular weight is 1310 g/mol. The van der Waals surface area contributed by atoms with Gasteiger partial charge in [0.15, 0.2) is 0 Å². The molecule has 0 radical (unpaired) electrons. The van der Waals surface area contributed by atoms with E-state index in [2.05, 4.69) is 27.7 Å². The van der Waals surface area contributed by atoms with Crippen molar-refractivity contribution in [3.8, 4) is 0 Å². The van der Waals surface area contributed by atoms with Crippen molar-refractivity contribution in [2.24, 2.45) is 0 Å². The van der Waals surface area contributed by atoms with Crippen molar-refractivity contribution in [1.29, 1.82) is 0 Å². The zero-order chi connectivity index (χ0) is 63.5. The van der Waals surface area contributed by atoms with E-state index >= 15 is 9.13 Å². The molecule has 16 heteroatoms. The molecular formula is C72H142Na2O12P2. The van der Waals surface area contributed by atoms with Gasteiger partial charge in [0, 0.05) is 38.5 Å². The predicted octanol–water partition coefficient (Wildman–Crippen LogP) is 20.5. The molecule has 0 amide bonds. The maximum atomic E-state index is 15.8. The Hall–Kier alpha value is 0.900. The second-order valence-corrected chi connectivity index (χ2v) is 31.6. The van der Waals surface area contributed by atoms with E-state index in [0.717, 1.165) is 103 Å². The van der Waals surface area contributed by atoms with Gasteiger partial charge in [0.2, 0.25) is 11.0 Å². The zero-order valence-electron chi connectivity index (χ0n) is 56.7. The average Bonchev–Trinajstić information content (AvgIpc) is 0.785. The van der Waals surface area contributed by atoms with E-state index in [0.29, 0.717) is 25.7 Å². The van der Waals surface area contributed by atoms with Crippen LogP contribution in [-0.4, -0.2) is 139 Å². The second kappa shape index (κ2) is 66.5. The van der Waals surface area contributed by atoms with Crippen molar-refractivity contribution in [2.75, 3.05) is 19.8 Å². The van der Waals surface area contributed by atoms with Gasteiger partial charge in [-0.15, -0.1) is 0 Å². The van der Waals surface area contributed by atoms with Crippen molar-refractivity contribution in [2.45, 2.75) is 417 Å². The summed E-state index contributed by atoms with van der Waals surface area (Å²) in [4.78, 5) is 56.4. The van der Waals surface area contributed by atoms with Crippen molar-refractivity contribution in [3.63, 3.8) is 0 Å². The van der Waals surface area contributed by atoms with Crippen LogP contribution in [0.1, 0.15) is 400 Å². The number of ketones is 2. The first kappa shape index (κ1) is 93.1. The number of Topliss-reactive ketones (excluding diaryl/α,β-unsaturated/α-hetero) is 2. The molecule has 12 nitrogen and oxygen atoms in total. The Morgan fingerprint density at radius 1 is 0.307 bits per heavy atom. The third kappa shape index (κ3) is 47.7. The Kier molecular flexibility index (Phi) is 70.4. The molecule has 0 aliphatic carbocycles. The minimum absolute atomic E-state index is 0.